The minimum atomic E-state index is -1.12. The highest BCUT2D eigenvalue weighted by molar-refractivity contribution is 5.91. The smallest absolute Gasteiger partial charge is 0.419 e. The SMILES string of the molecule is CCc1nc(C(N)=O)cn1C(=O)OC(CC1CCCCC1)C(O)C(O)C1CC1. The number of hydrogen-bond acceptors (Lipinski definition) is 6. The summed E-state index contributed by atoms with van der Waals surface area (Å²) in [5.74, 6) is 0.0855. The number of carbonyl (C=O) groups excluding carboxylic acids is 2. The minimum absolute atomic E-state index is 0.00352. The number of nitrogens with two attached hydrogens (primary N) is 1. The van der Waals surface area contributed by atoms with Gasteiger partial charge in [0.2, 0.25) is 0 Å². The highest BCUT2D eigenvalue weighted by Gasteiger charge is 2.40. The Bertz CT molecular complexity index is 694. The number of ether oxygens (including phenoxy) is 1. The van der Waals surface area contributed by atoms with Crippen LogP contribution in [-0.2, 0) is 11.2 Å². The molecule has 8 heteroatoms. The maximum atomic E-state index is 12.8. The Balaban J connectivity index is 1.75. The first-order valence-corrected chi connectivity index (χ1v) is 10.4. The first-order chi connectivity index (χ1) is 13.4. The van der Waals surface area contributed by atoms with Gasteiger partial charge in [0.25, 0.3) is 5.91 Å². The van der Waals surface area contributed by atoms with Crippen LogP contribution < -0.4 is 5.73 Å². The van der Waals surface area contributed by atoms with E-state index in [0.717, 1.165) is 38.5 Å². The summed E-state index contributed by atoms with van der Waals surface area (Å²) < 4.78 is 6.83. The number of hydrogen-bond donors (Lipinski definition) is 3. The second-order valence-electron chi connectivity index (χ2n) is 8.11. The predicted molar refractivity (Wildman–Crippen MR) is 102 cm³/mol. The van der Waals surface area contributed by atoms with E-state index in [0.29, 0.717) is 24.6 Å². The van der Waals surface area contributed by atoms with E-state index < -0.39 is 30.3 Å². The molecular weight excluding hydrogens is 362 g/mol. The monoisotopic (exact) mass is 393 g/mol. The number of rotatable bonds is 8. The molecule has 8 nitrogen and oxygen atoms in total. The summed E-state index contributed by atoms with van der Waals surface area (Å²) in [7, 11) is 0. The van der Waals surface area contributed by atoms with Crippen LogP contribution in [0.5, 0.6) is 0 Å². The molecule has 28 heavy (non-hydrogen) atoms. The molecule has 3 atom stereocenters. The summed E-state index contributed by atoms with van der Waals surface area (Å²) in [4.78, 5) is 28.2. The molecule has 0 bridgehead atoms. The van der Waals surface area contributed by atoms with Crippen molar-refractivity contribution < 1.29 is 24.5 Å². The fourth-order valence-electron chi connectivity index (χ4n) is 4.08. The van der Waals surface area contributed by atoms with E-state index in [4.69, 9.17) is 10.5 Å². The van der Waals surface area contributed by atoms with Gasteiger partial charge in [0.1, 0.15) is 23.7 Å². The molecule has 0 aromatic carbocycles. The number of amides is 1. The van der Waals surface area contributed by atoms with Crippen LogP contribution in [0.2, 0.25) is 0 Å². The van der Waals surface area contributed by atoms with Crippen LogP contribution in [0.15, 0.2) is 6.20 Å². The molecule has 2 fully saturated rings. The molecule has 0 spiro atoms. The quantitative estimate of drug-likeness (QED) is 0.620. The lowest BCUT2D eigenvalue weighted by molar-refractivity contribution is -0.0791. The first-order valence-electron chi connectivity index (χ1n) is 10.4. The minimum Gasteiger partial charge on any atom is -0.443 e. The van der Waals surface area contributed by atoms with E-state index in [1.807, 2.05) is 6.92 Å². The van der Waals surface area contributed by atoms with Crippen LogP contribution in [0.3, 0.4) is 0 Å². The Hall–Kier alpha value is -1.93. The summed E-state index contributed by atoms with van der Waals surface area (Å²) in [6.45, 7) is 1.81. The Morgan fingerprint density at radius 1 is 1.25 bits per heavy atom. The number of aliphatic hydroxyl groups excluding tert-OH is 2. The summed E-state index contributed by atoms with van der Waals surface area (Å²) >= 11 is 0. The van der Waals surface area contributed by atoms with Gasteiger partial charge >= 0.3 is 6.09 Å². The molecule has 0 saturated heterocycles. The molecule has 3 rings (SSSR count). The van der Waals surface area contributed by atoms with Crippen LogP contribution in [-0.4, -0.2) is 50.1 Å². The zero-order valence-electron chi connectivity index (χ0n) is 16.4. The standard InChI is InChI=1S/C20H31N3O5/c1-2-16-22-14(19(21)26)11-23(16)20(27)28-15(10-12-6-4-3-5-7-12)18(25)17(24)13-8-9-13/h11-13,15,17-18,24-25H,2-10H2,1H3,(H2,21,26). The third-order valence-corrected chi connectivity index (χ3v) is 5.92. The number of nitrogens with zero attached hydrogens (tertiary/aromatic N) is 2. The Kier molecular flexibility index (Phi) is 6.72. The van der Waals surface area contributed by atoms with Crippen molar-refractivity contribution in [3.63, 3.8) is 0 Å². The molecule has 0 radical (unpaired) electrons. The normalized spacial score (nSPS) is 21.1. The zero-order valence-corrected chi connectivity index (χ0v) is 16.4. The molecule has 0 aliphatic heterocycles. The predicted octanol–water partition coefficient (Wildman–Crippen LogP) is 2.00. The van der Waals surface area contributed by atoms with E-state index in [-0.39, 0.29) is 11.6 Å². The van der Waals surface area contributed by atoms with Crippen molar-refractivity contribution >= 4 is 12.0 Å². The maximum absolute atomic E-state index is 12.8. The second kappa shape index (κ2) is 9.05. The molecular formula is C20H31N3O5. The van der Waals surface area contributed by atoms with Gasteiger partial charge in [0.15, 0.2) is 0 Å². The summed E-state index contributed by atoms with van der Waals surface area (Å²) in [5, 5.41) is 21.1. The summed E-state index contributed by atoms with van der Waals surface area (Å²) in [6, 6.07) is 0. The summed E-state index contributed by atoms with van der Waals surface area (Å²) in [6.07, 6.45) is 6.01. The Labute approximate surface area is 165 Å². The van der Waals surface area contributed by atoms with Crippen molar-refractivity contribution in [3.05, 3.63) is 17.7 Å². The number of aromatic nitrogens is 2. The molecule has 1 amide bonds. The molecule has 1 aromatic rings. The van der Waals surface area contributed by atoms with Crippen LogP contribution in [0.25, 0.3) is 0 Å². The molecule has 4 N–H and O–H groups in total. The highest BCUT2D eigenvalue weighted by atomic mass is 16.6. The Morgan fingerprint density at radius 2 is 1.93 bits per heavy atom. The summed E-state index contributed by atoms with van der Waals surface area (Å²) in [5.41, 5.74) is 5.26. The van der Waals surface area contributed by atoms with Crippen LogP contribution in [0, 0.1) is 11.8 Å². The van der Waals surface area contributed by atoms with Crippen molar-refractivity contribution in [1.82, 2.24) is 9.55 Å². The Morgan fingerprint density at radius 3 is 2.50 bits per heavy atom. The molecule has 2 aliphatic rings. The topological polar surface area (TPSA) is 128 Å². The highest BCUT2D eigenvalue weighted by Crippen LogP contribution is 2.36. The van der Waals surface area contributed by atoms with E-state index in [1.165, 1.54) is 17.2 Å². The van der Waals surface area contributed by atoms with E-state index in [2.05, 4.69) is 4.98 Å². The van der Waals surface area contributed by atoms with Crippen LogP contribution in [0.4, 0.5) is 4.79 Å². The average Bonchev–Trinajstić information content (AvgIpc) is 3.44. The van der Waals surface area contributed by atoms with Gasteiger partial charge in [-0.2, -0.15) is 0 Å². The van der Waals surface area contributed by atoms with E-state index >= 15 is 0 Å². The van der Waals surface area contributed by atoms with Crippen molar-refractivity contribution in [2.45, 2.75) is 83.0 Å². The lowest BCUT2D eigenvalue weighted by Crippen LogP contribution is -2.43. The molecule has 2 aliphatic carbocycles. The number of primary amides is 1. The van der Waals surface area contributed by atoms with Crippen LogP contribution >= 0.6 is 0 Å². The van der Waals surface area contributed by atoms with Gasteiger partial charge < -0.3 is 20.7 Å². The molecule has 156 valence electrons. The van der Waals surface area contributed by atoms with Crippen molar-refractivity contribution in [2.24, 2.45) is 17.6 Å². The van der Waals surface area contributed by atoms with E-state index in [1.54, 1.807) is 0 Å². The largest absolute Gasteiger partial charge is 0.443 e. The van der Waals surface area contributed by atoms with Gasteiger partial charge in [-0.05, 0) is 31.1 Å². The van der Waals surface area contributed by atoms with Crippen molar-refractivity contribution in [1.29, 1.82) is 0 Å². The molecule has 1 heterocycles. The number of aryl methyl sites for hydroxylation is 1. The lowest BCUT2D eigenvalue weighted by Gasteiger charge is -2.31. The number of carbonyl (C=O) groups is 2. The molecule has 2 saturated carbocycles. The van der Waals surface area contributed by atoms with E-state index in [9.17, 15) is 19.8 Å². The van der Waals surface area contributed by atoms with Crippen LogP contribution in [0.1, 0.15) is 74.6 Å². The third kappa shape index (κ3) is 4.91. The third-order valence-electron chi connectivity index (χ3n) is 5.92. The maximum Gasteiger partial charge on any atom is 0.419 e. The molecule has 3 unspecified atom stereocenters. The fraction of sp³-hybridized carbons (Fsp3) is 0.750. The van der Waals surface area contributed by atoms with Gasteiger partial charge in [0.05, 0.1) is 6.10 Å². The average molecular weight is 393 g/mol. The number of aliphatic hydroxyl groups is 2. The van der Waals surface area contributed by atoms with Gasteiger partial charge in [-0.15, -0.1) is 0 Å². The van der Waals surface area contributed by atoms with Crippen molar-refractivity contribution in [2.75, 3.05) is 0 Å². The lowest BCUT2D eigenvalue weighted by atomic mass is 9.83. The first kappa shape index (κ1) is 20.8. The van der Waals surface area contributed by atoms with Crippen molar-refractivity contribution in [3.8, 4) is 0 Å². The van der Waals surface area contributed by atoms with Gasteiger partial charge in [-0.25, -0.2) is 14.3 Å². The van der Waals surface area contributed by atoms with Gasteiger partial charge in [0, 0.05) is 12.6 Å². The zero-order chi connectivity index (χ0) is 20.3. The second-order valence-corrected chi connectivity index (χ2v) is 8.11. The van der Waals surface area contributed by atoms with Gasteiger partial charge in [-0.1, -0.05) is 39.0 Å². The molecule has 1 aromatic heterocycles. The number of imidazole rings is 1. The fourth-order valence-corrected chi connectivity index (χ4v) is 4.08. The van der Waals surface area contributed by atoms with Gasteiger partial charge in [-0.3, -0.25) is 4.79 Å².